The number of hydrogen-bond acceptors (Lipinski definition) is 2. The minimum atomic E-state index is -0.188. The van der Waals surface area contributed by atoms with Gasteiger partial charge in [0.25, 0.3) is 0 Å². The lowest BCUT2D eigenvalue weighted by atomic mass is 9.99. The van der Waals surface area contributed by atoms with E-state index in [2.05, 4.69) is 14.5 Å². The van der Waals surface area contributed by atoms with Crippen LogP contribution in [-0.2, 0) is 19.5 Å². The molecule has 2 aromatic rings. The van der Waals surface area contributed by atoms with E-state index >= 15 is 0 Å². The summed E-state index contributed by atoms with van der Waals surface area (Å²) in [7, 11) is 2.03. The molecule has 0 bridgehead atoms. The zero-order chi connectivity index (χ0) is 14.8. The van der Waals surface area contributed by atoms with E-state index in [4.69, 9.17) is 11.6 Å². The molecule has 21 heavy (non-hydrogen) atoms. The molecular weight excluding hydrogens is 289 g/mol. The van der Waals surface area contributed by atoms with E-state index in [9.17, 15) is 4.39 Å². The van der Waals surface area contributed by atoms with Crippen LogP contribution in [0.1, 0.15) is 17.8 Å². The van der Waals surface area contributed by atoms with Gasteiger partial charge in [0.05, 0.1) is 0 Å². The fourth-order valence-corrected chi connectivity index (χ4v) is 3.24. The second kappa shape index (κ2) is 6.16. The number of aromatic nitrogens is 2. The van der Waals surface area contributed by atoms with E-state index in [-0.39, 0.29) is 5.82 Å². The van der Waals surface area contributed by atoms with Crippen LogP contribution in [0.4, 0.5) is 4.39 Å². The van der Waals surface area contributed by atoms with Crippen molar-refractivity contribution in [1.29, 1.82) is 0 Å². The van der Waals surface area contributed by atoms with Crippen molar-refractivity contribution in [3.05, 3.63) is 52.8 Å². The van der Waals surface area contributed by atoms with Crippen LogP contribution in [-0.4, -0.2) is 28.0 Å². The van der Waals surface area contributed by atoms with Crippen molar-refractivity contribution >= 4 is 11.6 Å². The van der Waals surface area contributed by atoms with Gasteiger partial charge < -0.3 is 9.47 Å². The van der Waals surface area contributed by atoms with E-state index in [1.165, 1.54) is 11.9 Å². The summed E-state index contributed by atoms with van der Waals surface area (Å²) in [6.07, 6.45) is 6.07. The summed E-state index contributed by atoms with van der Waals surface area (Å²) in [5.41, 5.74) is 0.657. The van der Waals surface area contributed by atoms with E-state index in [0.29, 0.717) is 23.0 Å². The zero-order valence-corrected chi connectivity index (χ0v) is 12.9. The van der Waals surface area contributed by atoms with Crippen LogP contribution < -0.4 is 0 Å². The molecule has 0 fully saturated rings. The maximum Gasteiger partial charge on any atom is 0.127 e. The van der Waals surface area contributed by atoms with Crippen LogP contribution in [0.25, 0.3) is 0 Å². The second-order valence-electron chi connectivity index (χ2n) is 5.83. The third kappa shape index (κ3) is 3.44. The van der Waals surface area contributed by atoms with E-state index < -0.39 is 0 Å². The van der Waals surface area contributed by atoms with Crippen LogP contribution >= 0.6 is 11.6 Å². The lowest BCUT2D eigenvalue weighted by Gasteiger charge is -2.28. The molecule has 0 saturated carbocycles. The topological polar surface area (TPSA) is 21.1 Å². The third-order valence-corrected chi connectivity index (χ3v) is 4.29. The molecule has 1 unspecified atom stereocenters. The molecule has 1 aromatic carbocycles. The van der Waals surface area contributed by atoms with Crippen LogP contribution in [0.3, 0.4) is 0 Å². The summed E-state index contributed by atoms with van der Waals surface area (Å²) in [6.45, 7) is 2.53. The molecule has 1 atom stereocenters. The Morgan fingerprint density at radius 2 is 2.33 bits per heavy atom. The molecule has 5 heteroatoms. The van der Waals surface area contributed by atoms with Gasteiger partial charge in [0.1, 0.15) is 11.6 Å². The quantitative estimate of drug-likeness (QED) is 0.863. The first-order chi connectivity index (χ1) is 10.1. The van der Waals surface area contributed by atoms with Gasteiger partial charge in [0.15, 0.2) is 0 Å². The van der Waals surface area contributed by atoms with Gasteiger partial charge in [-0.25, -0.2) is 9.37 Å². The first-order valence-electron chi connectivity index (χ1n) is 7.24. The number of nitrogens with zero attached hydrogens (tertiary/aromatic N) is 3. The van der Waals surface area contributed by atoms with Crippen LogP contribution in [0.5, 0.6) is 0 Å². The summed E-state index contributed by atoms with van der Waals surface area (Å²) < 4.78 is 16.0. The van der Waals surface area contributed by atoms with Crippen molar-refractivity contribution in [2.45, 2.75) is 25.9 Å². The first-order valence-corrected chi connectivity index (χ1v) is 7.62. The largest absolute Gasteiger partial charge is 0.335 e. The fraction of sp³-hybridized carbons (Fsp3) is 0.438. The number of rotatable bonds is 4. The summed E-state index contributed by atoms with van der Waals surface area (Å²) in [6, 6.07) is 4.73. The number of benzene rings is 1. The van der Waals surface area contributed by atoms with Gasteiger partial charge in [-0.1, -0.05) is 11.6 Å². The summed E-state index contributed by atoms with van der Waals surface area (Å²) in [5, 5.41) is 0.584. The molecule has 0 saturated heterocycles. The molecule has 1 aliphatic heterocycles. The monoisotopic (exact) mass is 307 g/mol. The van der Waals surface area contributed by atoms with Gasteiger partial charge in [-0.2, -0.15) is 0 Å². The summed E-state index contributed by atoms with van der Waals surface area (Å²) in [5.74, 6) is 1.57. The molecule has 3 rings (SSSR count). The van der Waals surface area contributed by atoms with Crippen molar-refractivity contribution in [3.8, 4) is 0 Å². The van der Waals surface area contributed by atoms with Gasteiger partial charge >= 0.3 is 0 Å². The SMILES string of the molecule is CN(Cc1cc(Cl)ccc1F)CC1CCc2nccn2C1. The van der Waals surface area contributed by atoms with Crippen molar-refractivity contribution in [2.75, 3.05) is 13.6 Å². The Hall–Kier alpha value is -1.39. The molecule has 0 aliphatic carbocycles. The Bertz CT molecular complexity index is 626. The van der Waals surface area contributed by atoms with Gasteiger partial charge in [0.2, 0.25) is 0 Å². The van der Waals surface area contributed by atoms with E-state index in [1.54, 1.807) is 12.1 Å². The van der Waals surface area contributed by atoms with Gasteiger partial charge in [-0.05, 0) is 37.6 Å². The van der Waals surface area contributed by atoms with Crippen LogP contribution in [0.15, 0.2) is 30.6 Å². The predicted molar refractivity (Wildman–Crippen MR) is 81.8 cm³/mol. The minimum absolute atomic E-state index is 0.188. The molecule has 1 aliphatic rings. The Morgan fingerprint density at radius 3 is 3.19 bits per heavy atom. The Morgan fingerprint density at radius 1 is 1.48 bits per heavy atom. The molecule has 0 spiro atoms. The molecule has 0 N–H and O–H groups in total. The number of fused-ring (bicyclic) bond motifs is 1. The van der Waals surface area contributed by atoms with Gasteiger partial charge in [-0.15, -0.1) is 0 Å². The van der Waals surface area contributed by atoms with E-state index in [0.717, 1.165) is 25.9 Å². The van der Waals surface area contributed by atoms with Crippen molar-refractivity contribution in [3.63, 3.8) is 0 Å². The lowest BCUT2D eigenvalue weighted by molar-refractivity contribution is 0.227. The molecule has 0 radical (unpaired) electrons. The van der Waals surface area contributed by atoms with Crippen molar-refractivity contribution in [2.24, 2.45) is 5.92 Å². The fourth-order valence-electron chi connectivity index (χ4n) is 3.05. The average molecular weight is 308 g/mol. The van der Waals surface area contributed by atoms with E-state index in [1.807, 2.05) is 19.4 Å². The van der Waals surface area contributed by atoms with Crippen molar-refractivity contribution in [1.82, 2.24) is 14.5 Å². The second-order valence-corrected chi connectivity index (χ2v) is 6.27. The Kier molecular flexibility index (Phi) is 4.27. The predicted octanol–water partition coefficient (Wildman–Crippen LogP) is 3.37. The van der Waals surface area contributed by atoms with Gasteiger partial charge in [0, 0.05) is 49.0 Å². The molecule has 112 valence electrons. The van der Waals surface area contributed by atoms with Gasteiger partial charge in [-0.3, -0.25) is 0 Å². The number of imidazole rings is 1. The highest BCUT2D eigenvalue weighted by Gasteiger charge is 2.20. The maximum atomic E-state index is 13.8. The minimum Gasteiger partial charge on any atom is -0.335 e. The highest BCUT2D eigenvalue weighted by Crippen LogP contribution is 2.21. The number of aryl methyl sites for hydroxylation is 1. The average Bonchev–Trinajstić information content (AvgIpc) is 2.90. The lowest BCUT2D eigenvalue weighted by Crippen LogP contribution is -2.31. The smallest absolute Gasteiger partial charge is 0.127 e. The molecule has 1 aromatic heterocycles. The molecular formula is C16H19ClFN3. The van der Waals surface area contributed by atoms with Crippen LogP contribution in [0, 0.1) is 11.7 Å². The Balaban J connectivity index is 1.60. The highest BCUT2D eigenvalue weighted by atomic mass is 35.5. The highest BCUT2D eigenvalue weighted by molar-refractivity contribution is 6.30. The van der Waals surface area contributed by atoms with Crippen LogP contribution in [0.2, 0.25) is 5.02 Å². The Labute approximate surface area is 129 Å². The summed E-state index contributed by atoms with van der Waals surface area (Å²) >= 11 is 5.94. The zero-order valence-electron chi connectivity index (χ0n) is 12.1. The molecule has 2 heterocycles. The number of halogens is 2. The first kappa shape index (κ1) is 14.5. The normalized spacial score (nSPS) is 18.0. The molecule has 3 nitrogen and oxygen atoms in total. The standard InChI is InChI=1S/C16H19ClFN3/c1-20(11-13-8-14(17)3-4-15(13)18)9-12-2-5-16-19-6-7-21(16)10-12/h3-4,6-8,12H,2,5,9-11H2,1H3. The maximum absolute atomic E-state index is 13.8. The third-order valence-electron chi connectivity index (χ3n) is 4.05. The molecule has 0 amide bonds. The number of hydrogen-bond donors (Lipinski definition) is 0. The summed E-state index contributed by atoms with van der Waals surface area (Å²) in [4.78, 5) is 6.51. The van der Waals surface area contributed by atoms with Crippen molar-refractivity contribution < 1.29 is 4.39 Å².